The molecular weight excluding hydrogens is 487 g/mol. The Morgan fingerprint density at radius 3 is 1.74 bits per heavy atom. The van der Waals surface area contributed by atoms with Crippen LogP contribution in [0.5, 0.6) is 11.5 Å². The summed E-state index contributed by atoms with van der Waals surface area (Å²) < 4.78 is 74.8. The van der Waals surface area contributed by atoms with Crippen LogP contribution in [0, 0.1) is 0 Å². The Kier molecular flexibility index (Phi) is 7.50. The first-order valence-corrected chi connectivity index (χ1v) is 13.2. The van der Waals surface area contributed by atoms with Crippen LogP contribution in [0.25, 0.3) is 11.1 Å². The predicted octanol–water partition coefficient (Wildman–Crippen LogP) is 9.58. The molecule has 0 N–H and O–H groups in total. The Balaban J connectivity index is 1.56. The number of hydrogen-bond acceptors (Lipinski definition) is 3. The van der Waals surface area contributed by atoms with Crippen LogP contribution in [0.1, 0.15) is 49.4 Å². The van der Waals surface area contributed by atoms with Crippen LogP contribution >= 0.6 is 10.2 Å². The predicted molar refractivity (Wildman–Crippen MR) is 129 cm³/mol. The highest BCUT2D eigenvalue weighted by atomic mass is 32.5. The number of benzene rings is 3. The molecule has 3 aromatic rings. The average molecular weight is 515 g/mol. The van der Waals surface area contributed by atoms with E-state index >= 15 is 0 Å². The summed E-state index contributed by atoms with van der Waals surface area (Å²) in [6.07, 6.45) is 5.82. The molecule has 0 atom stereocenters. The van der Waals surface area contributed by atoms with Crippen molar-refractivity contribution in [2.75, 3.05) is 6.61 Å². The van der Waals surface area contributed by atoms with Gasteiger partial charge >= 0.3 is 16.2 Å². The quantitative estimate of drug-likeness (QED) is 0.111. The third-order valence-electron chi connectivity index (χ3n) is 5.30. The molecule has 0 aliphatic heterocycles. The highest BCUT2D eigenvalue weighted by Gasteiger charge is 2.65. The number of unbranched alkanes of at least 4 members (excludes halogenated alkanes) is 4. The number of esters is 1. The van der Waals surface area contributed by atoms with Gasteiger partial charge in [0.15, 0.2) is 0 Å². The second kappa shape index (κ2) is 9.89. The van der Waals surface area contributed by atoms with Gasteiger partial charge in [0.25, 0.3) is 0 Å². The molecule has 35 heavy (non-hydrogen) atoms. The maximum atomic E-state index is 12.8. The maximum absolute atomic E-state index is 12.8. The van der Waals surface area contributed by atoms with Crippen molar-refractivity contribution in [2.45, 2.75) is 43.9 Å². The lowest BCUT2D eigenvalue weighted by atomic mass is 10.0. The van der Waals surface area contributed by atoms with E-state index < -0.39 is 21.1 Å². The molecule has 0 aliphatic rings. The molecule has 0 aromatic heterocycles. The molecule has 0 spiro atoms. The van der Waals surface area contributed by atoms with Gasteiger partial charge in [0, 0.05) is 0 Å². The van der Waals surface area contributed by atoms with Gasteiger partial charge in [-0.2, -0.15) is 0 Å². The average Bonchev–Trinajstić information content (AvgIpc) is 2.81. The van der Waals surface area contributed by atoms with Crippen LogP contribution < -0.4 is 9.47 Å². The lowest BCUT2D eigenvalue weighted by molar-refractivity contribution is 0.0734. The molecule has 0 aliphatic carbocycles. The Labute approximate surface area is 201 Å². The Morgan fingerprint density at radius 2 is 1.20 bits per heavy atom. The fraction of sp³-hybridized carbons (Fsp3) is 0.269. The van der Waals surface area contributed by atoms with Crippen LogP contribution in [0.3, 0.4) is 0 Å². The van der Waals surface area contributed by atoms with Gasteiger partial charge in [-0.1, -0.05) is 76.3 Å². The molecule has 0 radical (unpaired) electrons. The maximum Gasteiger partial charge on any atom is 0.343 e. The zero-order valence-electron chi connectivity index (χ0n) is 19.2. The van der Waals surface area contributed by atoms with Gasteiger partial charge in [0.1, 0.15) is 16.4 Å². The van der Waals surface area contributed by atoms with Gasteiger partial charge in [0.2, 0.25) is 0 Å². The summed E-state index contributed by atoms with van der Waals surface area (Å²) in [6.45, 7) is 2.84. The molecule has 0 saturated heterocycles. The van der Waals surface area contributed by atoms with Crippen LogP contribution in [0.2, 0.25) is 0 Å². The highest BCUT2D eigenvalue weighted by molar-refractivity contribution is 8.45. The monoisotopic (exact) mass is 514 g/mol. The minimum atomic E-state index is -9.77. The van der Waals surface area contributed by atoms with Crippen molar-refractivity contribution in [3.63, 3.8) is 0 Å². The molecule has 0 heterocycles. The Hall–Kier alpha value is -3.07. The van der Waals surface area contributed by atoms with E-state index in [1.54, 1.807) is 12.1 Å². The second-order valence-corrected chi connectivity index (χ2v) is 10.6. The number of halogens is 5. The van der Waals surface area contributed by atoms with E-state index in [2.05, 4.69) is 6.92 Å². The van der Waals surface area contributed by atoms with Crippen molar-refractivity contribution in [1.29, 1.82) is 0 Å². The van der Waals surface area contributed by atoms with E-state index in [4.69, 9.17) is 9.47 Å². The van der Waals surface area contributed by atoms with Crippen molar-refractivity contribution < 1.29 is 33.7 Å². The zero-order valence-corrected chi connectivity index (χ0v) is 20.0. The minimum Gasteiger partial charge on any atom is -0.494 e. The van der Waals surface area contributed by atoms with Gasteiger partial charge in [-0.05, 0) is 66.1 Å². The number of carbonyl (C=O) groups is 1. The van der Waals surface area contributed by atoms with Gasteiger partial charge < -0.3 is 9.47 Å². The van der Waals surface area contributed by atoms with Crippen molar-refractivity contribution >= 4 is 16.2 Å². The SMILES string of the molecule is CCCCCCCOc1ccc(-c2ccc(C(=O)Oc3ccc(S(F)(F)(F)(F)F)cc3)cc2)cc1. The van der Waals surface area contributed by atoms with Gasteiger partial charge in [0.05, 0.1) is 12.2 Å². The Bertz CT molecular complexity index is 1130. The van der Waals surface area contributed by atoms with E-state index in [-0.39, 0.29) is 23.4 Å². The largest absolute Gasteiger partial charge is 0.494 e. The normalized spacial score (nSPS) is 13.5. The van der Waals surface area contributed by atoms with Gasteiger partial charge in [-0.25, -0.2) is 4.79 Å². The molecule has 190 valence electrons. The third kappa shape index (κ3) is 7.99. The summed E-state index contributed by atoms with van der Waals surface area (Å²) in [7, 11) is -9.77. The molecule has 3 aromatic carbocycles. The van der Waals surface area contributed by atoms with Crippen molar-refractivity contribution in [3.05, 3.63) is 78.4 Å². The molecule has 0 amide bonds. The van der Waals surface area contributed by atoms with Gasteiger partial charge in [-0.3, -0.25) is 0 Å². The summed E-state index contributed by atoms with van der Waals surface area (Å²) in [6, 6.07) is 15.8. The smallest absolute Gasteiger partial charge is 0.343 e. The first kappa shape index (κ1) is 26.5. The Morgan fingerprint density at radius 1 is 0.686 bits per heavy atom. The molecule has 0 saturated carbocycles. The molecule has 3 nitrogen and oxygen atoms in total. The van der Waals surface area contributed by atoms with Crippen molar-refractivity contribution in [1.82, 2.24) is 0 Å². The molecule has 3 rings (SSSR count). The number of ether oxygens (including phenoxy) is 2. The molecular formula is C26H27F5O3S. The van der Waals surface area contributed by atoms with Gasteiger partial charge in [-0.15, -0.1) is 0 Å². The zero-order chi connectivity index (χ0) is 25.6. The van der Waals surface area contributed by atoms with Crippen molar-refractivity contribution in [2.24, 2.45) is 0 Å². The molecule has 0 bridgehead atoms. The van der Waals surface area contributed by atoms with E-state index in [9.17, 15) is 24.2 Å². The minimum absolute atomic E-state index is 0.161. The number of rotatable bonds is 11. The molecule has 9 heteroatoms. The van der Waals surface area contributed by atoms with Crippen LogP contribution in [0.4, 0.5) is 19.4 Å². The summed E-state index contributed by atoms with van der Waals surface area (Å²) in [5.41, 5.74) is 1.91. The second-order valence-electron chi connectivity index (χ2n) is 8.19. The summed E-state index contributed by atoms with van der Waals surface area (Å²) in [5.74, 6) is -0.314. The topological polar surface area (TPSA) is 35.5 Å². The third-order valence-corrected chi connectivity index (χ3v) is 6.47. The van der Waals surface area contributed by atoms with Crippen LogP contribution in [-0.4, -0.2) is 12.6 Å². The fourth-order valence-corrected chi connectivity index (χ4v) is 4.02. The summed E-state index contributed by atoms with van der Waals surface area (Å²) in [4.78, 5) is 10.3. The van der Waals surface area contributed by atoms with Crippen molar-refractivity contribution in [3.8, 4) is 22.6 Å². The first-order chi connectivity index (χ1) is 16.4. The summed E-state index contributed by atoms with van der Waals surface area (Å²) >= 11 is 0. The van der Waals surface area contributed by atoms with E-state index in [0.29, 0.717) is 18.7 Å². The van der Waals surface area contributed by atoms with E-state index in [0.717, 1.165) is 29.7 Å². The standard InChI is InChI=1S/C26H27F5O3S/c1-2-3-4-5-6-19-33-23-13-11-21(12-14-23)20-7-9-22(10-8-20)26(32)34-24-15-17-25(18-16-24)35(27,28,29,30)31/h7-18H,2-6,19H2,1H3. The van der Waals surface area contributed by atoms with E-state index in [1.165, 1.54) is 31.4 Å². The first-order valence-electron chi connectivity index (χ1n) is 11.3. The lowest BCUT2D eigenvalue weighted by Gasteiger charge is -2.40. The lowest BCUT2D eigenvalue weighted by Crippen LogP contribution is -2.09. The van der Waals surface area contributed by atoms with Crippen LogP contribution in [-0.2, 0) is 0 Å². The molecule has 0 unspecified atom stereocenters. The number of carbonyl (C=O) groups excluding carboxylic acids is 1. The van der Waals surface area contributed by atoms with Crippen LogP contribution in [0.15, 0.2) is 77.7 Å². The fourth-order valence-electron chi connectivity index (χ4n) is 3.37. The van der Waals surface area contributed by atoms with E-state index in [1.807, 2.05) is 24.3 Å². The highest BCUT2D eigenvalue weighted by Crippen LogP contribution is 3.02. The summed E-state index contributed by atoms with van der Waals surface area (Å²) in [5, 5.41) is 0. The number of hydrogen-bond donors (Lipinski definition) is 0. The molecule has 0 fully saturated rings.